The Labute approximate surface area is 207 Å². The molecule has 0 aliphatic carbocycles. The van der Waals surface area contributed by atoms with Crippen LogP contribution in [0, 0.1) is 3.57 Å². The molecule has 8 heteroatoms. The van der Waals surface area contributed by atoms with Crippen LogP contribution in [0.2, 0.25) is 0 Å². The van der Waals surface area contributed by atoms with Crippen LogP contribution in [-0.4, -0.2) is 36.3 Å². The second kappa shape index (κ2) is 8.81. The molecule has 4 rings (SSSR count). The third kappa shape index (κ3) is 4.69. The van der Waals surface area contributed by atoms with Crippen molar-refractivity contribution < 1.29 is 23.6 Å². The number of ketones is 1. The van der Waals surface area contributed by atoms with Gasteiger partial charge in [0, 0.05) is 27.8 Å². The molecule has 0 unspecified atom stereocenters. The van der Waals surface area contributed by atoms with Gasteiger partial charge in [-0.05, 0) is 91.2 Å². The van der Waals surface area contributed by atoms with Crippen LogP contribution in [0.3, 0.4) is 0 Å². The number of aliphatic imine (C=N–C) groups is 1. The summed E-state index contributed by atoms with van der Waals surface area (Å²) in [6.45, 7) is 9.33. The number of benzene rings is 2. The van der Waals surface area contributed by atoms with E-state index in [0.717, 1.165) is 25.7 Å². The van der Waals surface area contributed by atoms with E-state index in [2.05, 4.69) is 27.6 Å². The Hall–Kier alpha value is -2.30. The van der Waals surface area contributed by atoms with Gasteiger partial charge in [0.05, 0.1) is 11.2 Å². The Morgan fingerprint density at radius 3 is 2.52 bits per heavy atom. The fourth-order valence-electron chi connectivity index (χ4n) is 3.72. The van der Waals surface area contributed by atoms with Crippen molar-refractivity contribution in [3.05, 3.63) is 67.9 Å². The lowest BCUT2D eigenvalue weighted by Crippen LogP contribution is -2.41. The molecular formula is C25H25BINO5. The van der Waals surface area contributed by atoms with Crippen molar-refractivity contribution >= 4 is 59.2 Å². The summed E-state index contributed by atoms with van der Waals surface area (Å²) in [6, 6.07) is 11.3. The first-order valence-electron chi connectivity index (χ1n) is 10.7. The summed E-state index contributed by atoms with van der Waals surface area (Å²) in [5, 5.41) is 0. The van der Waals surface area contributed by atoms with Crippen molar-refractivity contribution in [2.45, 2.75) is 52.4 Å². The molecule has 0 N–H and O–H groups in total. The highest BCUT2D eigenvalue weighted by Crippen LogP contribution is 2.37. The first-order valence-corrected chi connectivity index (χ1v) is 11.8. The number of allylic oxidation sites excluding steroid dienone is 1. The first-order chi connectivity index (χ1) is 15.5. The summed E-state index contributed by atoms with van der Waals surface area (Å²) in [6.07, 6.45) is 3.43. The molecule has 2 heterocycles. The quantitative estimate of drug-likeness (QED) is 0.243. The summed E-state index contributed by atoms with van der Waals surface area (Å²) in [5.74, 6) is -0.545. The predicted molar refractivity (Wildman–Crippen MR) is 137 cm³/mol. The number of carbonyl (C=O) groups is 2. The number of rotatable bonds is 4. The minimum absolute atomic E-state index is 0.0292. The Morgan fingerprint density at radius 1 is 1.15 bits per heavy atom. The molecule has 6 nitrogen and oxygen atoms in total. The Bertz CT molecular complexity index is 1190. The molecule has 0 atom stereocenters. The van der Waals surface area contributed by atoms with Crippen molar-refractivity contribution in [1.29, 1.82) is 0 Å². The van der Waals surface area contributed by atoms with Crippen LogP contribution in [0.5, 0.6) is 0 Å². The molecule has 2 aliphatic heterocycles. The summed E-state index contributed by atoms with van der Waals surface area (Å²) < 4.78 is 18.9. The zero-order valence-electron chi connectivity index (χ0n) is 19.3. The topological polar surface area (TPSA) is 74.2 Å². The highest BCUT2D eigenvalue weighted by Gasteiger charge is 2.52. The number of nitrogens with zero attached hydrogens (tertiary/aromatic N) is 1. The van der Waals surface area contributed by atoms with Gasteiger partial charge in [-0.15, -0.1) is 0 Å². The lowest BCUT2D eigenvalue weighted by Gasteiger charge is -2.32. The number of fused-ring (bicyclic) bond motifs is 1. The van der Waals surface area contributed by atoms with Gasteiger partial charge < -0.3 is 14.0 Å². The molecule has 2 aliphatic rings. The lowest BCUT2D eigenvalue weighted by atomic mass is 9.74. The van der Waals surface area contributed by atoms with Crippen LogP contribution in [0.4, 0.5) is 0 Å². The number of ether oxygens (including phenoxy) is 1. The minimum Gasteiger partial charge on any atom is -0.461 e. The zero-order chi connectivity index (χ0) is 24.0. The third-order valence-corrected chi connectivity index (χ3v) is 6.97. The summed E-state index contributed by atoms with van der Waals surface area (Å²) in [5.41, 5.74) is 2.89. The van der Waals surface area contributed by atoms with Gasteiger partial charge in [0.25, 0.3) is 0 Å². The van der Waals surface area contributed by atoms with E-state index in [-0.39, 0.29) is 12.4 Å². The SMILES string of the molecule is CC(=O)OCc1c(/C=C2/N=Cc3cc(I)ccc3C2=O)cccc1B1OC(C)(C)C(C)(C)O1. The van der Waals surface area contributed by atoms with E-state index in [1.807, 2.05) is 64.1 Å². The smallest absolute Gasteiger partial charge is 0.461 e. The molecule has 170 valence electrons. The molecule has 0 spiro atoms. The van der Waals surface area contributed by atoms with Crippen LogP contribution in [-0.2, 0) is 25.4 Å². The maximum absolute atomic E-state index is 13.1. The van der Waals surface area contributed by atoms with Crippen molar-refractivity contribution in [3.63, 3.8) is 0 Å². The van der Waals surface area contributed by atoms with E-state index in [0.29, 0.717) is 11.3 Å². The van der Waals surface area contributed by atoms with Gasteiger partial charge in [0.15, 0.2) is 0 Å². The van der Waals surface area contributed by atoms with Gasteiger partial charge in [-0.3, -0.25) is 14.6 Å². The van der Waals surface area contributed by atoms with E-state index in [1.165, 1.54) is 6.92 Å². The summed E-state index contributed by atoms with van der Waals surface area (Å²) in [7, 11) is -0.632. The molecule has 2 aromatic rings. The second-order valence-corrected chi connectivity index (χ2v) is 10.4. The Morgan fingerprint density at radius 2 is 1.85 bits per heavy atom. The van der Waals surface area contributed by atoms with Gasteiger partial charge in [-0.25, -0.2) is 0 Å². The van der Waals surface area contributed by atoms with Crippen LogP contribution in [0.15, 0.2) is 47.1 Å². The first kappa shape index (κ1) is 23.8. The van der Waals surface area contributed by atoms with Crippen molar-refractivity contribution in [2.75, 3.05) is 0 Å². The molecule has 2 aromatic carbocycles. The van der Waals surface area contributed by atoms with Gasteiger partial charge >= 0.3 is 13.1 Å². The van der Waals surface area contributed by atoms with Crippen LogP contribution >= 0.6 is 22.6 Å². The van der Waals surface area contributed by atoms with Crippen molar-refractivity contribution in [2.24, 2.45) is 4.99 Å². The maximum Gasteiger partial charge on any atom is 0.495 e. The molecule has 1 saturated heterocycles. The van der Waals surface area contributed by atoms with E-state index >= 15 is 0 Å². The van der Waals surface area contributed by atoms with Gasteiger partial charge in [0.1, 0.15) is 12.3 Å². The Balaban J connectivity index is 1.76. The van der Waals surface area contributed by atoms with E-state index in [4.69, 9.17) is 14.0 Å². The highest BCUT2D eigenvalue weighted by atomic mass is 127. The van der Waals surface area contributed by atoms with E-state index < -0.39 is 24.3 Å². The zero-order valence-corrected chi connectivity index (χ0v) is 21.4. The van der Waals surface area contributed by atoms with E-state index in [1.54, 1.807) is 12.3 Å². The highest BCUT2D eigenvalue weighted by molar-refractivity contribution is 14.1. The fourth-order valence-corrected chi connectivity index (χ4v) is 4.24. The van der Waals surface area contributed by atoms with Gasteiger partial charge in [-0.2, -0.15) is 0 Å². The van der Waals surface area contributed by atoms with Crippen LogP contribution < -0.4 is 5.46 Å². The number of hydrogen-bond donors (Lipinski definition) is 0. The molecule has 33 heavy (non-hydrogen) atoms. The minimum atomic E-state index is -0.632. The predicted octanol–water partition coefficient (Wildman–Crippen LogP) is 4.31. The standard InChI is InChI=1S/C25H25BINO5/c1-15(29)31-14-20-16(7-6-8-21(20)26-32-24(2,3)25(4,5)33-26)12-22-23(30)19-10-9-18(27)11-17(19)13-28-22/h6-13H,14H2,1-5H3/b22-12+. The maximum atomic E-state index is 13.1. The average Bonchev–Trinajstić information content (AvgIpc) is 2.95. The molecule has 0 aromatic heterocycles. The number of hydrogen-bond acceptors (Lipinski definition) is 6. The largest absolute Gasteiger partial charge is 0.495 e. The van der Waals surface area contributed by atoms with Crippen LogP contribution in [0.1, 0.15) is 61.7 Å². The molecule has 0 radical (unpaired) electrons. The molecule has 0 amide bonds. The summed E-state index contributed by atoms with van der Waals surface area (Å²) in [4.78, 5) is 29.1. The number of Topliss-reactive ketones (excluding diaryl/α,β-unsaturated/α-hetero) is 1. The molecular weight excluding hydrogens is 532 g/mol. The second-order valence-electron chi connectivity index (χ2n) is 9.13. The van der Waals surface area contributed by atoms with Gasteiger partial charge in [0.2, 0.25) is 5.78 Å². The number of halogens is 1. The molecule has 0 saturated carbocycles. The average molecular weight is 557 g/mol. The lowest BCUT2D eigenvalue weighted by molar-refractivity contribution is -0.142. The normalized spacial score (nSPS) is 19.6. The van der Waals surface area contributed by atoms with E-state index in [9.17, 15) is 9.59 Å². The molecule has 0 bridgehead atoms. The Kier molecular flexibility index (Phi) is 6.37. The number of esters is 1. The number of carbonyl (C=O) groups excluding carboxylic acids is 2. The van der Waals surface area contributed by atoms with Gasteiger partial charge in [-0.1, -0.05) is 18.2 Å². The monoisotopic (exact) mass is 557 g/mol. The van der Waals surface area contributed by atoms with Crippen molar-refractivity contribution in [1.82, 2.24) is 0 Å². The van der Waals surface area contributed by atoms with Crippen molar-refractivity contribution in [3.8, 4) is 0 Å². The fraction of sp³-hybridized carbons (Fsp3) is 0.320. The van der Waals surface area contributed by atoms with Crippen LogP contribution in [0.25, 0.3) is 6.08 Å². The third-order valence-electron chi connectivity index (χ3n) is 6.30. The molecule has 1 fully saturated rings. The summed E-state index contributed by atoms with van der Waals surface area (Å²) >= 11 is 2.21.